The van der Waals surface area contributed by atoms with E-state index in [0.717, 1.165) is 6.20 Å². The Bertz CT molecular complexity index is 638. The number of hydrogen-bond acceptors (Lipinski definition) is 4. The van der Waals surface area contributed by atoms with Crippen LogP contribution in [-0.4, -0.2) is 23.0 Å². The molecule has 1 aromatic carbocycles. The molecule has 1 unspecified atom stereocenters. The molecular weight excluding hydrogens is 317 g/mol. The van der Waals surface area contributed by atoms with Gasteiger partial charge < -0.3 is 15.7 Å². The Morgan fingerprint density at radius 2 is 2.10 bits per heavy atom. The van der Waals surface area contributed by atoms with E-state index in [-0.39, 0.29) is 5.57 Å². The van der Waals surface area contributed by atoms with Gasteiger partial charge >= 0.3 is 5.97 Å². The molecule has 0 aliphatic carbocycles. The molecule has 0 saturated carbocycles. The molecule has 6 nitrogen and oxygen atoms in total. The fraction of sp³-hybridized carbons (Fsp3) is 0.154. The van der Waals surface area contributed by atoms with Gasteiger partial charge in [0.25, 0.3) is 5.91 Å². The fourth-order valence-corrected chi connectivity index (χ4v) is 1.59. The van der Waals surface area contributed by atoms with E-state index in [4.69, 9.17) is 33.6 Å². The van der Waals surface area contributed by atoms with Crippen LogP contribution in [0.2, 0.25) is 10.0 Å². The topological polar surface area (TPSA) is 102 Å². The van der Waals surface area contributed by atoms with Crippen molar-refractivity contribution in [2.24, 2.45) is 0 Å². The van der Waals surface area contributed by atoms with E-state index in [0.29, 0.717) is 15.7 Å². The zero-order chi connectivity index (χ0) is 16.0. The number of anilines is 1. The Balaban J connectivity index is 2.85. The molecule has 0 radical (unpaired) electrons. The second-order valence-corrected chi connectivity index (χ2v) is 4.82. The molecule has 0 heterocycles. The molecule has 0 aliphatic heterocycles. The van der Waals surface area contributed by atoms with Crippen molar-refractivity contribution in [2.45, 2.75) is 13.0 Å². The SMILES string of the molecule is CC(NC(=O)/C(C#N)=C\Nc1cc(Cl)ccc1Cl)C(=O)O. The average molecular weight is 328 g/mol. The lowest BCUT2D eigenvalue weighted by atomic mass is 10.2. The van der Waals surface area contributed by atoms with Gasteiger partial charge in [0, 0.05) is 11.2 Å². The third kappa shape index (κ3) is 4.99. The fourth-order valence-electron chi connectivity index (χ4n) is 1.24. The Labute approximate surface area is 131 Å². The first-order chi connectivity index (χ1) is 9.85. The summed E-state index contributed by atoms with van der Waals surface area (Å²) in [5.41, 5.74) is 0.121. The van der Waals surface area contributed by atoms with E-state index >= 15 is 0 Å². The van der Waals surface area contributed by atoms with Crippen LogP contribution >= 0.6 is 23.2 Å². The molecule has 0 bridgehead atoms. The van der Waals surface area contributed by atoms with Crippen LogP contribution in [0.5, 0.6) is 0 Å². The number of nitrogens with zero attached hydrogens (tertiary/aromatic N) is 1. The number of rotatable bonds is 5. The first-order valence-electron chi connectivity index (χ1n) is 5.70. The number of carboxylic acid groups (broad SMARTS) is 1. The van der Waals surface area contributed by atoms with Crippen molar-refractivity contribution in [3.8, 4) is 6.07 Å². The summed E-state index contributed by atoms with van der Waals surface area (Å²) in [5.74, 6) is -2.01. The monoisotopic (exact) mass is 327 g/mol. The largest absolute Gasteiger partial charge is 0.480 e. The Morgan fingerprint density at radius 3 is 2.67 bits per heavy atom. The smallest absolute Gasteiger partial charge is 0.325 e. The number of nitrogens with one attached hydrogen (secondary N) is 2. The molecule has 8 heteroatoms. The van der Waals surface area contributed by atoms with Gasteiger partial charge in [-0.15, -0.1) is 0 Å². The van der Waals surface area contributed by atoms with Gasteiger partial charge in [0.05, 0.1) is 10.7 Å². The first-order valence-corrected chi connectivity index (χ1v) is 6.46. The number of carbonyl (C=O) groups excluding carboxylic acids is 1. The number of aliphatic carboxylic acids is 1. The molecule has 1 rings (SSSR count). The van der Waals surface area contributed by atoms with Crippen LogP contribution in [0.3, 0.4) is 0 Å². The lowest BCUT2D eigenvalue weighted by molar-refractivity contribution is -0.140. The number of carboxylic acids is 1. The third-order valence-electron chi connectivity index (χ3n) is 2.38. The molecule has 0 fully saturated rings. The van der Waals surface area contributed by atoms with E-state index in [9.17, 15) is 9.59 Å². The molecule has 0 spiro atoms. The first kappa shape index (κ1) is 16.8. The quantitative estimate of drug-likeness (QED) is 0.569. The Kier molecular flexibility index (Phi) is 6.03. The predicted molar refractivity (Wildman–Crippen MR) is 79.0 cm³/mol. The molecule has 0 saturated heterocycles. The zero-order valence-electron chi connectivity index (χ0n) is 10.9. The van der Waals surface area contributed by atoms with Crippen LogP contribution in [0.4, 0.5) is 5.69 Å². The van der Waals surface area contributed by atoms with Crippen LogP contribution in [0, 0.1) is 11.3 Å². The Hall–Kier alpha value is -2.23. The van der Waals surface area contributed by atoms with Crippen molar-refractivity contribution < 1.29 is 14.7 Å². The van der Waals surface area contributed by atoms with Crippen LogP contribution in [0.15, 0.2) is 30.0 Å². The van der Waals surface area contributed by atoms with Crippen LogP contribution in [0.1, 0.15) is 6.92 Å². The van der Waals surface area contributed by atoms with Gasteiger partial charge in [0.2, 0.25) is 0 Å². The summed E-state index contributed by atoms with van der Waals surface area (Å²) in [6.45, 7) is 1.29. The number of nitriles is 1. The maximum Gasteiger partial charge on any atom is 0.325 e. The van der Waals surface area contributed by atoms with Gasteiger partial charge in [-0.05, 0) is 25.1 Å². The van der Waals surface area contributed by atoms with Crippen molar-refractivity contribution in [1.82, 2.24) is 5.32 Å². The lowest BCUT2D eigenvalue weighted by Crippen LogP contribution is -2.39. The number of halogens is 2. The Morgan fingerprint density at radius 1 is 1.43 bits per heavy atom. The lowest BCUT2D eigenvalue weighted by Gasteiger charge is -2.09. The van der Waals surface area contributed by atoms with Crippen LogP contribution in [0.25, 0.3) is 0 Å². The van der Waals surface area contributed by atoms with Crippen molar-refractivity contribution >= 4 is 40.8 Å². The standard InChI is InChI=1S/C13H11Cl2N3O3/c1-7(13(20)21)18-12(19)8(5-16)6-17-11-4-9(14)2-3-10(11)15/h2-4,6-7,17H,1H3,(H,18,19)(H,20,21)/b8-6-. The van der Waals surface area contributed by atoms with E-state index in [1.165, 1.54) is 13.0 Å². The van der Waals surface area contributed by atoms with Gasteiger partial charge in [-0.3, -0.25) is 9.59 Å². The van der Waals surface area contributed by atoms with E-state index in [1.807, 2.05) is 0 Å². The predicted octanol–water partition coefficient (Wildman–Crippen LogP) is 2.40. The molecule has 1 amide bonds. The summed E-state index contributed by atoms with van der Waals surface area (Å²) >= 11 is 11.7. The maximum atomic E-state index is 11.7. The maximum absolute atomic E-state index is 11.7. The van der Waals surface area contributed by atoms with Gasteiger partial charge in [-0.2, -0.15) is 5.26 Å². The minimum atomic E-state index is -1.20. The summed E-state index contributed by atoms with van der Waals surface area (Å²) in [6.07, 6.45) is 1.13. The van der Waals surface area contributed by atoms with Crippen LogP contribution < -0.4 is 10.6 Å². The highest BCUT2D eigenvalue weighted by molar-refractivity contribution is 6.35. The van der Waals surface area contributed by atoms with Gasteiger partial charge in [0.1, 0.15) is 17.7 Å². The molecule has 1 atom stereocenters. The van der Waals surface area contributed by atoms with Crippen LogP contribution in [-0.2, 0) is 9.59 Å². The highest BCUT2D eigenvalue weighted by Gasteiger charge is 2.17. The molecule has 0 aromatic heterocycles. The van der Waals surface area contributed by atoms with E-state index in [2.05, 4.69) is 10.6 Å². The molecule has 0 aliphatic rings. The van der Waals surface area contributed by atoms with Crippen molar-refractivity contribution in [2.75, 3.05) is 5.32 Å². The van der Waals surface area contributed by atoms with E-state index < -0.39 is 17.9 Å². The second-order valence-electron chi connectivity index (χ2n) is 3.97. The molecule has 3 N–H and O–H groups in total. The van der Waals surface area contributed by atoms with Crippen molar-refractivity contribution in [3.63, 3.8) is 0 Å². The van der Waals surface area contributed by atoms with Gasteiger partial charge in [-0.25, -0.2) is 0 Å². The van der Waals surface area contributed by atoms with Crippen molar-refractivity contribution in [1.29, 1.82) is 5.26 Å². The number of benzene rings is 1. The third-order valence-corrected chi connectivity index (χ3v) is 2.95. The highest BCUT2D eigenvalue weighted by Crippen LogP contribution is 2.25. The summed E-state index contributed by atoms with van der Waals surface area (Å²) in [4.78, 5) is 22.3. The van der Waals surface area contributed by atoms with E-state index in [1.54, 1.807) is 18.2 Å². The van der Waals surface area contributed by atoms with Gasteiger partial charge in [0.15, 0.2) is 0 Å². The number of amides is 1. The summed E-state index contributed by atoms with van der Waals surface area (Å²) in [5, 5.41) is 23.2. The normalized spacial score (nSPS) is 12.2. The van der Waals surface area contributed by atoms with Gasteiger partial charge in [-0.1, -0.05) is 23.2 Å². The summed E-state index contributed by atoms with van der Waals surface area (Å²) in [6, 6.07) is 5.22. The molecular formula is C13H11Cl2N3O3. The molecule has 1 aromatic rings. The summed E-state index contributed by atoms with van der Waals surface area (Å²) < 4.78 is 0. The highest BCUT2D eigenvalue weighted by atomic mass is 35.5. The minimum absolute atomic E-state index is 0.292. The van der Waals surface area contributed by atoms with Crippen molar-refractivity contribution in [3.05, 3.63) is 40.0 Å². The number of hydrogen-bond donors (Lipinski definition) is 3. The molecule has 110 valence electrons. The average Bonchev–Trinajstić information content (AvgIpc) is 2.42. The second kappa shape index (κ2) is 7.53. The summed E-state index contributed by atoms with van der Waals surface area (Å²) in [7, 11) is 0. The minimum Gasteiger partial charge on any atom is -0.480 e. The zero-order valence-corrected chi connectivity index (χ0v) is 12.4. The molecule has 21 heavy (non-hydrogen) atoms. The number of carbonyl (C=O) groups is 2.